The Bertz CT molecular complexity index is 1080. The molecule has 0 aromatic carbocycles. The molecule has 0 radical (unpaired) electrons. The van der Waals surface area contributed by atoms with Gasteiger partial charge >= 0.3 is 6.18 Å². The van der Waals surface area contributed by atoms with Gasteiger partial charge in [-0.3, -0.25) is 0 Å². The molecule has 12 heteroatoms. The van der Waals surface area contributed by atoms with Gasteiger partial charge in [0.2, 0.25) is 5.95 Å². The summed E-state index contributed by atoms with van der Waals surface area (Å²) in [6, 6.07) is 2.18. The van der Waals surface area contributed by atoms with E-state index in [9.17, 15) is 13.2 Å². The molecule has 0 aliphatic heterocycles. The standard InChI is InChI=1S/C20H24F3N9/c1-2-24-17-14(20(21,22)23)12-25-18(29-17)28-16-11-15(30-31(16)13-5-6-13)19(7-3-4-8-19)32-26-9-10-27-32/h9-13H,2-8H2,1H3,(H2,24,25,28,29). The highest BCUT2D eigenvalue weighted by Gasteiger charge is 2.43. The van der Waals surface area contributed by atoms with E-state index >= 15 is 0 Å². The maximum absolute atomic E-state index is 13.3. The number of anilines is 3. The number of nitrogens with zero attached hydrogens (tertiary/aromatic N) is 7. The fourth-order valence-electron chi connectivity index (χ4n) is 4.33. The normalized spacial score (nSPS) is 18.1. The van der Waals surface area contributed by atoms with Crippen LogP contribution >= 0.6 is 0 Å². The number of hydrogen-bond acceptors (Lipinski definition) is 7. The van der Waals surface area contributed by atoms with Crippen molar-refractivity contribution in [1.29, 1.82) is 0 Å². The molecule has 2 N–H and O–H groups in total. The highest BCUT2D eigenvalue weighted by atomic mass is 19.4. The van der Waals surface area contributed by atoms with Gasteiger partial charge in [0, 0.05) is 18.8 Å². The molecule has 5 rings (SSSR count). The van der Waals surface area contributed by atoms with Crippen LogP contribution in [-0.2, 0) is 11.7 Å². The maximum atomic E-state index is 13.3. The SMILES string of the molecule is CCNc1nc(Nc2cc(C3(n4nccn4)CCCC3)nn2C2CC2)ncc1C(F)(F)F. The van der Waals surface area contributed by atoms with E-state index in [1.165, 1.54) is 0 Å². The van der Waals surface area contributed by atoms with Gasteiger partial charge in [-0.1, -0.05) is 12.8 Å². The Kier molecular flexibility index (Phi) is 5.01. The van der Waals surface area contributed by atoms with Crippen molar-refractivity contribution in [3.8, 4) is 0 Å². The van der Waals surface area contributed by atoms with Gasteiger partial charge in [0.15, 0.2) is 0 Å². The van der Waals surface area contributed by atoms with Gasteiger partial charge in [-0.2, -0.15) is 38.2 Å². The van der Waals surface area contributed by atoms with Gasteiger partial charge < -0.3 is 10.6 Å². The van der Waals surface area contributed by atoms with Crippen LogP contribution in [0, 0.1) is 0 Å². The lowest BCUT2D eigenvalue weighted by molar-refractivity contribution is -0.137. The fourth-order valence-corrected chi connectivity index (χ4v) is 4.33. The van der Waals surface area contributed by atoms with Gasteiger partial charge in [-0.05, 0) is 32.6 Å². The summed E-state index contributed by atoms with van der Waals surface area (Å²) in [5.41, 5.74) is -0.467. The Morgan fingerprint density at radius 2 is 1.88 bits per heavy atom. The molecule has 0 atom stereocenters. The zero-order valence-corrected chi connectivity index (χ0v) is 17.6. The van der Waals surface area contributed by atoms with Gasteiger partial charge in [-0.15, -0.1) is 0 Å². The largest absolute Gasteiger partial charge is 0.421 e. The summed E-state index contributed by atoms with van der Waals surface area (Å²) in [7, 11) is 0. The molecule has 2 aliphatic carbocycles. The molecule has 0 bridgehead atoms. The fraction of sp³-hybridized carbons (Fsp3) is 0.550. The minimum Gasteiger partial charge on any atom is -0.370 e. The van der Waals surface area contributed by atoms with E-state index in [-0.39, 0.29) is 17.8 Å². The molecule has 9 nitrogen and oxygen atoms in total. The van der Waals surface area contributed by atoms with E-state index in [4.69, 9.17) is 5.10 Å². The van der Waals surface area contributed by atoms with Crippen LogP contribution < -0.4 is 10.6 Å². The second-order valence-electron chi connectivity index (χ2n) is 8.26. The first kappa shape index (κ1) is 20.7. The highest BCUT2D eigenvalue weighted by Crippen LogP contribution is 2.44. The summed E-state index contributed by atoms with van der Waals surface area (Å²) < 4.78 is 41.8. The molecule has 0 unspecified atom stereocenters. The van der Waals surface area contributed by atoms with Crippen molar-refractivity contribution < 1.29 is 13.2 Å². The zero-order chi connectivity index (χ0) is 22.3. The third-order valence-electron chi connectivity index (χ3n) is 6.02. The summed E-state index contributed by atoms with van der Waals surface area (Å²) >= 11 is 0. The van der Waals surface area contributed by atoms with Crippen molar-refractivity contribution in [3.05, 3.63) is 35.9 Å². The Morgan fingerprint density at radius 1 is 1.16 bits per heavy atom. The molecule has 32 heavy (non-hydrogen) atoms. The zero-order valence-electron chi connectivity index (χ0n) is 17.6. The molecule has 2 fully saturated rings. The van der Waals surface area contributed by atoms with Crippen molar-refractivity contribution in [1.82, 2.24) is 34.7 Å². The molecule has 3 aromatic rings. The van der Waals surface area contributed by atoms with E-state index in [0.717, 1.165) is 50.4 Å². The number of hydrogen-bond donors (Lipinski definition) is 2. The monoisotopic (exact) mass is 447 g/mol. The van der Waals surface area contributed by atoms with Crippen LogP contribution in [0.3, 0.4) is 0 Å². The van der Waals surface area contributed by atoms with Crippen LogP contribution in [0.15, 0.2) is 24.7 Å². The number of halogens is 3. The molecule has 170 valence electrons. The van der Waals surface area contributed by atoms with Gasteiger partial charge in [0.1, 0.15) is 22.7 Å². The topological polar surface area (TPSA) is 98.4 Å². The Labute approximate surface area is 182 Å². The molecule has 0 amide bonds. The molecular formula is C20H24F3N9. The first-order valence-corrected chi connectivity index (χ1v) is 10.8. The van der Waals surface area contributed by atoms with Gasteiger partial charge in [-0.25, -0.2) is 9.67 Å². The summed E-state index contributed by atoms with van der Waals surface area (Å²) in [6.07, 6.45) is 5.45. The minimum atomic E-state index is -4.54. The third-order valence-corrected chi connectivity index (χ3v) is 6.02. The summed E-state index contributed by atoms with van der Waals surface area (Å²) in [4.78, 5) is 9.76. The van der Waals surface area contributed by atoms with Crippen molar-refractivity contribution in [2.45, 2.75) is 63.2 Å². The highest BCUT2D eigenvalue weighted by molar-refractivity contribution is 5.55. The number of aromatic nitrogens is 7. The predicted molar refractivity (Wildman–Crippen MR) is 111 cm³/mol. The van der Waals surface area contributed by atoms with Crippen molar-refractivity contribution in [3.63, 3.8) is 0 Å². The van der Waals surface area contributed by atoms with Crippen molar-refractivity contribution in [2.24, 2.45) is 0 Å². The van der Waals surface area contributed by atoms with Crippen molar-refractivity contribution >= 4 is 17.6 Å². The second kappa shape index (κ2) is 7.75. The Morgan fingerprint density at radius 3 is 2.50 bits per heavy atom. The maximum Gasteiger partial charge on any atom is 0.421 e. The smallest absolute Gasteiger partial charge is 0.370 e. The second-order valence-corrected chi connectivity index (χ2v) is 8.26. The summed E-state index contributed by atoms with van der Waals surface area (Å²) in [6.45, 7) is 2.03. The molecule has 3 heterocycles. The minimum absolute atomic E-state index is 0.0833. The van der Waals surface area contributed by atoms with E-state index in [0.29, 0.717) is 12.4 Å². The van der Waals surface area contributed by atoms with Crippen molar-refractivity contribution in [2.75, 3.05) is 17.2 Å². The van der Waals surface area contributed by atoms with Gasteiger partial charge in [0.05, 0.1) is 24.1 Å². The molecule has 2 aliphatic rings. The van der Waals surface area contributed by atoms with E-state index in [1.807, 2.05) is 10.7 Å². The number of alkyl halides is 3. The Hall–Kier alpha value is -3.18. The van der Waals surface area contributed by atoms with E-state index in [2.05, 4.69) is 30.8 Å². The van der Waals surface area contributed by atoms with Crippen LogP contribution in [0.25, 0.3) is 0 Å². The predicted octanol–water partition coefficient (Wildman–Crippen LogP) is 4.11. The lowest BCUT2D eigenvalue weighted by Gasteiger charge is -2.25. The first-order valence-electron chi connectivity index (χ1n) is 10.8. The lowest BCUT2D eigenvalue weighted by Crippen LogP contribution is -2.34. The lowest BCUT2D eigenvalue weighted by atomic mass is 9.94. The van der Waals surface area contributed by atoms with E-state index in [1.54, 1.807) is 24.1 Å². The third kappa shape index (κ3) is 3.67. The number of nitrogens with one attached hydrogen (secondary N) is 2. The van der Waals surface area contributed by atoms with E-state index < -0.39 is 17.3 Å². The van der Waals surface area contributed by atoms with Crippen LogP contribution in [0.5, 0.6) is 0 Å². The molecular weight excluding hydrogens is 423 g/mol. The first-order chi connectivity index (χ1) is 15.4. The average molecular weight is 447 g/mol. The molecule has 0 saturated heterocycles. The molecule has 0 spiro atoms. The van der Waals surface area contributed by atoms with Crippen LogP contribution in [0.1, 0.15) is 62.7 Å². The van der Waals surface area contributed by atoms with Gasteiger partial charge in [0.25, 0.3) is 0 Å². The summed E-state index contributed by atoms with van der Waals surface area (Å²) in [5, 5.41) is 19.5. The quantitative estimate of drug-likeness (QED) is 0.562. The summed E-state index contributed by atoms with van der Waals surface area (Å²) in [5.74, 6) is 0.492. The molecule has 3 aromatic heterocycles. The van der Waals surface area contributed by atoms with Crippen LogP contribution in [0.2, 0.25) is 0 Å². The average Bonchev–Trinajstić information content (AvgIpc) is 3.15. The van der Waals surface area contributed by atoms with Crippen LogP contribution in [0.4, 0.5) is 30.8 Å². The molecule has 2 saturated carbocycles. The van der Waals surface area contributed by atoms with Crippen LogP contribution in [-0.4, -0.2) is 41.3 Å². The number of rotatable bonds is 7. The Balaban J connectivity index is 1.51.